The van der Waals surface area contributed by atoms with Crippen molar-refractivity contribution in [2.45, 2.75) is 16.2 Å². The maximum Gasteiger partial charge on any atom is 0.310 e. The molecule has 0 fully saturated rings. The van der Waals surface area contributed by atoms with Gasteiger partial charge in [0, 0.05) is 9.79 Å². The molecule has 1 heterocycles. The second-order valence-electron chi connectivity index (χ2n) is 6.79. The van der Waals surface area contributed by atoms with Crippen LogP contribution in [-0.4, -0.2) is 32.7 Å². The molecule has 0 saturated carbocycles. The molecule has 0 aliphatic carbocycles. The fourth-order valence-corrected chi connectivity index (χ4v) is 4.45. The first-order valence-electron chi connectivity index (χ1n) is 9.66. The number of hydrogen-bond donors (Lipinski definition) is 0. The number of methoxy groups -OCH3 is 2. The van der Waals surface area contributed by atoms with Crippen LogP contribution in [0.1, 0.15) is 5.56 Å². The number of esters is 1. The highest BCUT2D eigenvalue weighted by molar-refractivity contribution is 7.99. The van der Waals surface area contributed by atoms with Gasteiger partial charge < -0.3 is 14.2 Å². The van der Waals surface area contributed by atoms with E-state index in [1.165, 1.54) is 7.11 Å². The molecule has 0 bridgehead atoms. The monoisotopic (exact) mass is 435 g/mol. The Labute approximate surface area is 184 Å². The van der Waals surface area contributed by atoms with E-state index in [9.17, 15) is 9.59 Å². The highest BCUT2D eigenvalue weighted by Crippen LogP contribution is 2.47. The predicted molar refractivity (Wildman–Crippen MR) is 118 cm³/mol. The summed E-state index contributed by atoms with van der Waals surface area (Å²) in [7, 11) is 3.08. The third kappa shape index (κ3) is 4.36. The number of anilines is 2. The van der Waals surface area contributed by atoms with Gasteiger partial charge in [-0.2, -0.15) is 0 Å². The Morgan fingerprint density at radius 1 is 0.839 bits per heavy atom. The summed E-state index contributed by atoms with van der Waals surface area (Å²) < 4.78 is 15.8. The van der Waals surface area contributed by atoms with Crippen LogP contribution in [0.3, 0.4) is 0 Å². The number of para-hydroxylation sites is 2. The van der Waals surface area contributed by atoms with Gasteiger partial charge in [-0.3, -0.25) is 14.5 Å². The summed E-state index contributed by atoms with van der Waals surface area (Å²) in [4.78, 5) is 29.0. The molecule has 3 aromatic rings. The molecule has 3 aromatic carbocycles. The van der Waals surface area contributed by atoms with Crippen LogP contribution in [0.4, 0.5) is 11.4 Å². The molecule has 0 aromatic heterocycles. The molecule has 7 heteroatoms. The van der Waals surface area contributed by atoms with Crippen molar-refractivity contribution in [1.29, 1.82) is 0 Å². The number of benzene rings is 3. The standard InChI is InChI=1S/C24H21NO5S/c1-28-19-12-11-16(13-20(19)29-2)14-24(27)30-15-23(26)25-17-7-3-5-9-21(17)31-22-10-6-4-8-18(22)25/h3-13H,14-15H2,1-2H3. The average Bonchev–Trinajstić information content (AvgIpc) is 2.80. The van der Waals surface area contributed by atoms with E-state index in [1.54, 1.807) is 42.0 Å². The second kappa shape index (κ2) is 9.14. The molecule has 0 spiro atoms. The van der Waals surface area contributed by atoms with Crippen LogP contribution in [0.2, 0.25) is 0 Å². The van der Waals surface area contributed by atoms with E-state index in [1.807, 2.05) is 48.5 Å². The van der Waals surface area contributed by atoms with E-state index in [2.05, 4.69) is 0 Å². The second-order valence-corrected chi connectivity index (χ2v) is 7.88. The maximum atomic E-state index is 13.1. The zero-order valence-corrected chi connectivity index (χ0v) is 18.0. The van der Waals surface area contributed by atoms with E-state index in [0.29, 0.717) is 17.1 Å². The van der Waals surface area contributed by atoms with Gasteiger partial charge in [-0.15, -0.1) is 0 Å². The predicted octanol–water partition coefficient (Wildman–Crippen LogP) is 4.62. The molecule has 1 amide bonds. The van der Waals surface area contributed by atoms with Crippen molar-refractivity contribution in [2.75, 3.05) is 25.7 Å². The molecule has 0 unspecified atom stereocenters. The molecule has 31 heavy (non-hydrogen) atoms. The Balaban J connectivity index is 1.46. The van der Waals surface area contributed by atoms with Gasteiger partial charge >= 0.3 is 5.97 Å². The SMILES string of the molecule is COc1ccc(CC(=O)OCC(=O)N2c3ccccc3Sc3ccccc32)cc1OC. The summed E-state index contributed by atoms with van der Waals surface area (Å²) in [6.45, 7) is -0.348. The van der Waals surface area contributed by atoms with Gasteiger partial charge in [0.25, 0.3) is 5.91 Å². The molecule has 158 valence electrons. The lowest BCUT2D eigenvalue weighted by Gasteiger charge is -2.30. The fraction of sp³-hybridized carbons (Fsp3) is 0.167. The molecule has 0 atom stereocenters. The van der Waals surface area contributed by atoms with Crippen LogP contribution in [0.5, 0.6) is 11.5 Å². The Morgan fingerprint density at radius 3 is 2.06 bits per heavy atom. The van der Waals surface area contributed by atoms with Gasteiger partial charge in [0.05, 0.1) is 32.0 Å². The van der Waals surface area contributed by atoms with Crippen LogP contribution in [-0.2, 0) is 20.7 Å². The number of fused-ring (bicyclic) bond motifs is 2. The fourth-order valence-electron chi connectivity index (χ4n) is 3.39. The minimum atomic E-state index is -0.492. The van der Waals surface area contributed by atoms with Gasteiger partial charge in [0.1, 0.15) is 0 Å². The lowest BCUT2D eigenvalue weighted by atomic mass is 10.1. The molecule has 0 saturated heterocycles. The van der Waals surface area contributed by atoms with Crippen molar-refractivity contribution in [1.82, 2.24) is 0 Å². The van der Waals surface area contributed by atoms with Crippen molar-refractivity contribution in [3.05, 3.63) is 72.3 Å². The highest BCUT2D eigenvalue weighted by Gasteiger charge is 2.28. The first-order chi connectivity index (χ1) is 15.1. The Morgan fingerprint density at radius 2 is 1.45 bits per heavy atom. The number of rotatable bonds is 6. The van der Waals surface area contributed by atoms with Crippen LogP contribution in [0.25, 0.3) is 0 Å². The molecule has 0 radical (unpaired) electrons. The largest absolute Gasteiger partial charge is 0.493 e. The van der Waals surface area contributed by atoms with Crippen molar-refractivity contribution < 1.29 is 23.8 Å². The van der Waals surface area contributed by atoms with Gasteiger partial charge in [0.2, 0.25) is 0 Å². The van der Waals surface area contributed by atoms with Gasteiger partial charge in [-0.05, 0) is 42.0 Å². The molecule has 1 aliphatic heterocycles. The third-order valence-corrected chi connectivity index (χ3v) is 5.96. The van der Waals surface area contributed by atoms with E-state index >= 15 is 0 Å². The number of carbonyl (C=O) groups is 2. The lowest BCUT2D eigenvalue weighted by Crippen LogP contribution is -2.32. The van der Waals surface area contributed by atoms with Crippen molar-refractivity contribution in [2.24, 2.45) is 0 Å². The Kier molecular flexibility index (Phi) is 6.13. The quantitative estimate of drug-likeness (QED) is 0.527. The first-order valence-corrected chi connectivity index (χ1v) is 10.5. The molecule has 0 N–H and O–H groups in total. The summed E-state index contributed by atoms with van der Waals surface area (Å²) in [5, 5.41) is 0. The summed E-state index contributed by atoms with van der Waals surface area (Å²) in [5.74, 6) is 0.312. The summed E-state index contributed by atoms with van der Waals surface area (Å²) in [5.41, 5.74) is 2.28. The highest BCUT2D eigenvalue weighted by atomic mass is 32.2. The van der Waals surface area contributed by atoms with Crippen molar-refractivity contribution in [3.63, 3.8) is 0 Å². The molecule has 6 nitrogen and oxygen atoms in total. The van der Waals surface area contributed by atoms with Crippen molar-refractivity contribution >= 4 is 35.0 Å². The molecular weight excluding hydrogens is 414 g/mol. The zero-order valence-electron chi connectivity index (χ0n) is 17.2. The maximum absolute atomic E-state index is 13.1. The minimum Gasteiger partial charge on any atom is -0.493 e. The smallest absolute Gasteiger partial charge is 0.310 e. The van der Waals surface area contributed by atoms with E-state index in [0.717, 1.165) is 21.2 Å². The number of ether oxygens (including phenoxy) is 3. The average molecular weight is 436 g/mol. The summed E-state index contributed by atoms with van der Waals surface area (Å²) in [6, 6.07) is 20.6. The van der Waals surface area contributed by atoms with E-state index in [-0.39, 0.29) is 18.9 Å². The zero-order chi connectivity index (χ0) is 21.8. The molecular formula is C24H21NO5S. The summed E-state index contributed by atoms with van der Waals surface area (Å²) >= 11 is 1.61. The Bertz CT molecular complexity index is 1080. The summed E-state index contributed by atoms with van der Waals surface area (Å²) in [6.07, 6.45) is 0.0245. The lowest BCUT2D eigenvalue weighted by molar-refractivity contribution is -0.147. The van der Waals surface area contributed by atoms with Gasteiger partial charge in [-0.1, -0.05) is 42.1 Å². The first kappa shape index (κ1) is 20.8. The third-order valence-electron chi connectivity index (χ3n) is 4.83. The van der Waals surface area contributed by atoms with Gasteiger partial charge in [-0.25, -0.2) is 0 Å². The van der Waals surface area contributed by atoms with E-state index in [4.69, 9.17) is 14.2 Å². The number of hydrogen-bond acceptors (Lipinski definition) is 6. The van der Waals surface area contributed by atoms with Crippen LogP contribution in [0, 0.1) is 0 Å². The molecule has 1 aliphatic rings. The van der Waals surface area contributed by atoms with Gasteiger partial charge in [0.15, 0.2) is 18.1 Å². The Hall–Kier alpha value is -3.45. The van der Waals surface area contributed by atoms with Crippen molar-refractivity contribution in [3.8, 4) is 11.5 Å². The topological polar surface area (TPSA) is 65.1 Å². The van der Waals surface area contributed by atoms with Crippen LogP contribution < -0.4 is 14.4 Å². The minimum absolute atomic E-state index is 0.0245. The van der Waals surface area contributed by atoms with Crippen LogP contribution in [0.15, 0.2) is 76.5 Å². The molecule has 4 rings (SSSR count). The number of carbonyl (C=O) groups excluding carboxylic acids is 2. The van der Waals surface area contributed by atoms with E-state index < -0.39 is 5.97 Å². The number of nitrogens with zero attached hydrogens (tertiary/aromatic N) is 1. The normalized spacial score (nSPS) is 11.9. The number of amides is 1. The van der Waals surface area contributed by atoms with Crippen LogP contribution >= 0.6 is 11.8 Å².